The van der Waals surface area contributed by atoms with Crippen LogP contribution in [0.2, 0.25) is 0 Å². The predicted molar refractivity (Wildman–Crippen MR) is 91.2 cm³/mol. The first-order valence-corrected chi connectivity index (χ1v) is 9.58. The van der Waals surface area contributed by atoms with Gasteiger partial charge in [0.2, 0.25) is 10.0 Å². The third-order valence-electron chi connectivity index (χ3n) is 3.68. The van der Waals surface area contributed by atoms with Crippen LogP contribution in [0.5, 0.6) is 0 Å². The molecule has 0 saturated heterocycles. The Balaban J connectivity index is 2.68. The summed E-state index contributed by atoms with van der Waals surface area (Å²) in [5.74, 6) is 0. The molecule has 120 valence electrons. The van der Waals surface area contributed by atoms with Gasteiger partial charge >= 0.3 is 0 Å². The summed E-state index contributed by atoms with van der Waals surface area (Å²) < 4.78 is 28.0. The van der Waals surface area contributed by atoms with Gasteiger partial charge in [0.25, 0.3) is 0 Å². The summed E-state index contributed by atoms with van der Waals surface area (Å²) >= 11 is 3.34. The molecule has 0 saturated carbocycles. The summed E-state index contributed by atoms with van der Waals surface area (Å²) in [5.41, 5.74) is 2.05. The SMILES string of the molecule is CCN(CC)CCCNS(=O)(=O)c1cc(C)c(C)cc1Br. The van der Waals surface area contributed by atoms with Crippen LogP contribution in [-0.2, 0) is 10.0 Å². The number of nitrogens with zero attached hydrogens (tertiary/aromatic N) is 1. The Morgan fingerprint density at radius 1 is 1.14 bits per heavy atom. The van der Waals surface area contributed by atoms with Gasteiger partial charge in [-0.1, -0.05) is 13.8 Å². The molecule has 1 aromatic carbocycles. The topological polar surface area (TPSA) is 49.4 Å². The van der Waals surface area contributed by atoms with Crippen LogP contribution in [0.25, 0.3) is 0 Å². The molecule has 1 N–H and O–H groups in total. The summed E-state index contributed by atoms with van der Waals surface area (Å²) in [6.07, 6.45) is 0.809. The Kier molecular flexibility index (Phi) is 7.33. The Morgan fingerprint density at radius 3 is 2.29 bits per heavy atom. The standard InChI is InChI=1S/C15H25BrN2O2S/c1-5-18(6-2)9-7-8-17-21(19,20)15-11-13(4)12(3)10-14(15)16/h10-11,17H,5-9H2,1-4H3. The highest BCUT2D eigenvalue weighted by Gasteiger charge is 2.18. The molecule has 0 radical (unpaired) electrons. The van der Waals surface area contributed by atoms with E-state index in [0.29, 0.717) is 15.9 Å². The molecule has 6 heteroatoms. The normalized spacial score (nSPS) is 12.1. The minimum atomic E-state index is -3.46. The Hall–Kier alpha value is -0.430. The molecular formula is C15H25BrN2O2S. The lowest BCUT2D eigenvalue weighted by molar-refractivity contribution is 0.300. The van der Waals surface area contributed by atoms with Gasteiger partial charge in [-0.15, -0.1) is 0 Å². The maximum Gasteiger partial charge on any atom is 0.241 e. The van der Waals surface area contributed by atoms with E-state index in [1.54, 1.807) is 6.07 Å². The number of nitrogens with one attached hydrogen (secondary N) is 1. The second kappa shape index (κ2) is 8.27. The van der Waals surface area contributed by atoms with Crippen molar-refractivity contribution in [1.29, 1.82) is 0 Å². The van der Waals surface area contributed by atoms with Crippen molar-refractivity contribution >= 4 is 26.0 Å². The van der Waals surface area contributed by atoms with E-state index < -0.39 is 10.0 Å². The molecule has 21 heavy (non-hydrogen) atoms. The van der Waals surface area contributed by atoms with Gasteiger partial charge in [0.1, 0.15) is 0 Å². The molecule has 1 aromatic rings. The molecule has 0 aliphatic carbocycles. The fraction of sp³-hybridized carbons (Fsp3) is 0.600. The number of aryl methyl sites for hydroxylation is 2. The van der Waals surface area contributed by atoms with E-state index in [0.717, 1.165) is 37.2 Å². The smallest absolute Gasteiger partial charge is 0.241 e. The second-order valence-corrected chi connectivity index (χ2v) is 7.73. The largest absolute Gasteiger partial charge is 0.304 e. The Labute approximate surface area is 137 Å². The van der Waals surface area contributed by atoms with Crippen LogP contribution in [0.1, 0.15) is 31.4 Å². The molecule has 0 atom stereocenters. The lowest BCUT2D eigenvalue weighted by Crippen LogP contribution is -2.30. The van der Waals surface area contributed by atoms with Gasteiger partial charge in [-0.2, -0.15) is 0 Å². The molecule has 0 heterocycles. The first-order valence-electron chi connectivity index (χ1n) is 7.30. The number of sulfonamides is 1. The van der Waals surface area contributed by atoms with Crippen LogP contribution in [0.3, 0.4) is 0 Å². The lowest BCUT2D eigenvalue weighted by atomic mass is 10.1. The van der Waals surface area contributed by atoms with Crippen molar-refractivity contribution in [2.45, 2.75) is 39.0 Å². The molecule has 0 aliphatic heterocycles. The monoisotopic (exact) mass is 376 g/mol. The third-order valence-corrected chi connectivity index (χ3v) is 6.09. The molecule has 4 nitrogen and oxygen atoms in total. The fourth-order valence-electron chi connectivity index (χ4n) is 2.09. The molecule has 1 rings (SSSR count). The van der Waals surface area contributed by atoms with E-state index in [1.165, 1.54) is 0 Å². The minimum absolute atomic E-state index is 0.313. The number of halogens is 1. The molecular weight excluding hydrogens is 352 g/mol. The zero-order chi connectivity index (χ0) is 16.0. The van der Waals surface area contributed by atoms with Gasteiger partial charge in [0, 0.05) is 11.0 Å². The van der Waals surface area contributed by atoms with E-state index in [4.69, 9.17) is 0 Å². The number of hydrogen-bond donors (Lipinski definition) is 1. The van der Waals surface area contributed by atoms with E-state index in [9.17, 15) is 8.42 Å². The molecule has 0 spiro atoms. The Morgan fingerprint density at radius 2 is 1.71 bits per heavy atom. The summed E-state index contributed by atoms with van der Waals surface area (Å²) in [7, 11) is -3.46. The maximum absolute atomic E-state index is 12.3. The van der Waals surface area contributed by atoms with Gasteiger partial charge in [0.15, 0.2) is 0 Å². The lowest BCUT2D eigenvalue weighted by Gasteiger charge is -2.18. The van der Waals surface area contributed by atoms with Crippen molar-refractivity contribution in [3.63, 3.8) is 0 Å². The van der Waals surface area contributed by atoms with Crippen molar-refractivity contribution in [2.75, 3.05) is 26.2 Å². The number of rotatable bonds is 8. The first-order chi connectivity index (χ1) is 9.81. The molecule has 0 fully saturated rings. The highest BCUT2D eigenvalue weighted by Crippen LogP contribution is 2.25. The average Bonchev–Trinajstić information content (AvgIpc) is 2.43. The van der Waals surface area contributed by atoms with E-state index >= 15 is 0 Å². The highest BCUT2D eigenvalue weighted by atomic mass is 79.9. The van der Waals surface area contributed by atoms with Crippen LogP contribution in [0.4, 0.5) is 0 Å². The first kappa shape index (κ1) is 18.6. The summed E-state index contributed by atoms with van der Waals surface area (Å²) in [4.78, 5) is 2.59. The van der Waals surface area contributed by atoms with Crippen LogP contribution in [-0.4, -0.2) is 39.5 Å². The number of hydrogen-bond acceptors (Lipinski definition) is 3. The highest BCUT2D eigenvalue weighted by molar-refractivity contribution is 9.10. The maximum atomic E-state index is 12.3. The van der Waals surface area contributed by atoms with Crippen molar-refractivity contribution in [3.8, 4) is 0 Å². The average molecular weight is 377 g/mol. The van der Waals surface area contributed by atoms with E-state index in [2.05, 4.69) is 39.4 Å². The van der Waals surface area contributed by atoms with Gasteiger partial charge < -0.3 is 4.90 Å². The van der Waals surface area contributed by atoms with Crippen LogP contribution in [0, 0.1) is 13.8 Å². The zero-order valence-electron chi connectivity index (χ0n) is 13.2. The third kappa shape index (κ3) is 5.36. The van der Waals surface area contributed by atoms with Gasteiger partial charge in [0.05, 0.1) is 4.90 Å². The van der Waals surface area contributed by atoms with E-state index in [1.807, 2.05) is 19.9 Å². The van der Waals surface area contributed by atoms with E-state index in [-0.39, 0.29) is 0 Å². The van der Waals surface area contributed by atoms with Gasteiger partial charge in [-0.05, 0) is 79.1 Å². The van der Waals surface area contributed by atoms with Gasteiger partial charge in [-0.3, -0.25) is 0 Å². The van der Waals surface area contributed by atoms with Gasteiger partial charge in [-0.25, -0.2) is 13.1 Å². The summed E-state index contributed by atoms with van der Waals surface area (Å²) in [6, 6.07) is 3.56. The predicted octanol–water partition coefficient (Wildman–Crippen LogP) is 3.08. The molecule has 0 bridgehead atoms. The van der Waals surface area contributed by atoms with Crippen LogP contribution in [0.15, 0.2) is 21.5 Å². The molecule has 0 aromatic heterocycles. The Bertz CT molecular complexity index is 569. The summed E-state index contributed by atoms with van der Waals surface area (Å²) in [5, 5.41) is 0. The second-order valence-electron chi connectivity index (χ2n) is 5.15. The van der Waals surface area contributed by atoms with Crippen molar-refractivity contribution in [3.05, 3.63) is 27.7 Å². The van der Waals surface area contributed by atoms with Crippen LogP contribution < -0.4 is 4.72 Å². The molecule has 0 aliphatic rings. The van der Waals surface area contributed by atoms with Crippen molar-refractivity contribution in [1.82, 2.24) is 9.62 Å². The number of benzene rings is 1. The van der Waals surface area contributed by atoms with Crippen molar-refractivity contribution in [2.24, 2.45) is 0 Å². The van der Waals surface area contributed by atoms with Crippen LogP contribution >= 0.6 is 15.9 Å². The zero-order valence-corrected chi connectivity index (χ0v) is 15.6. The summed E-state index contributed by atoms with van der Waals surface area (Å²) in [6.45, 7) is 11.5. The quantitative estimate of drug-likeness (QED) is 0.709. The minimum Gasteiger partial charge on any atom is -0.304 e. The van der Waals surface area contributed by atoms with Crippen molar-refractivity contribution < 1.29 is 8.42 Å². The molecule has 0 unspecified atom stereocenters. The molecule has 0 amide bonds. The fourth-order valence-corrected chi connectivity index (χ4v) is 4.40.